The Morgan fingerprint density at radius 3 is 2.88 bits per heavy atom. The van der Waals surface area contributed by atoms with Crippen molar-refractivity contribution >= 4 is 22.8 Å². The number of fused-ring (bicyclic) bond motifs is 1. The highest BCUT2D eigenvalue weighted by molar-refractivity contribution is 7.98. The maximum Gasteiger partial charge on any atom is 0.229 e. The van der Waals surface area contributed by atoms with Crippen LogP contribution in [-0.4, -0.2) is 29.9 Å². The maximum atomic E-state index is 5.30. The predicted octanol–water partition coefficient (Wildman–Crippen LogP) is 3.37. The number of rotatable bonds is 5. The van der Waals surface area contributed by atoms with Crippen LogP contribution in [0.25, 0.3) is 16.7 Å². The molecule has 4 aromatic rings. The quantitative estimate of drug-likeness (QED) is 0.403. The molecule has 7 nitrogen and oxygen atoms in total. The fraction of sp³-hybridized carbons (Fsp3) is 0.235. The second kappa shape index (κ2) is 5.96. The molecule has 0 spiro atoms. The third-order valence-electron chi connectivity index (χ3n) is 4.08. The van der Waals surface area contributed by atoms with Crippen molar-refractivity contribution in [2.24, 2.45) is 0 Å². The molecular weight excluding hydrogens is 336 g/mol. The summed E-state index contributed by atoms with van der Waals surface area (Å²) in [6.45, 7) is 0. The average molecular weight is 350 g/mol. The van der Waals surface area contributed by atoms with E-state index in [1.54, 1.807) is 24.3 Å². The third-order valence-corrected chi connectivity index (χ3v) is 5.08. The molecule has 1 saturated carbocycles. The van der Waals surface area contributed by atoms with Crippen molar-refractivity contribution in [1.29, 1.82) is 0 Å². The first kappa shape index (κ1) is 14.6. The molecule has 0 bridgehead atoms. The number of nitrogens with zero attached hydrogens (tertiary/aromatic N) is 6. The molecule has 1 fully saturated rings. The summed E-state index contributed by atoms with van der Waals surface area (Å²) < 4.78 is 7.12. The molecule has 8 heteroatoms. The molecule has 1 aliphatic carbocycles. The molecule has 0 aliphatic heterocycles. The summed E-state index contributed by atoms with van der Waals surface area (Å²) in [6.07, 6.45) is 5.67. The molecule has 0 amide bonds. The Balaban J connectivity index is 1.42. The first-order valence-electron chi connectivity index (χ1n) is 8.08. The van der Waals surface area contributed by atoms with Crippen LogP contribution in [0, 0.1) is 0 Å². The van der Waals surface area contributed by atoms with Crippen molar-refractivity contribution in [3.63, 3.8) is 0 Å². The fourth-order valence-corrected chi connectivity index (χ4v) is 3.46. The summed E-state index contributed by atoms with van der Waals surface area (Å²) in [4.78, 5) is 13.2. The van der Waals surface area contributed by atoms with E-state index in [0.717, 1.165) is 40.5 Å². The van der Waals surface area contributed by atoms with Gasteiger partial charge in [-0.15, -0.1) is 0 Å². The minimum atomic E-state index is 0.473. The van der Waals surface area contributed by atoms with E-state index in [-0.39, 0.29) is 0 Å². The van der Waals surface area contributed by atoms with Crippen molar-refractivity contribution in [2.75, 3.05) is 0 Å². The van der Waals surface area contributed by atoms with Gasteiger partial charge in [-0.25, -0.2) is 14.6 Å². The molecule has 0 saturated heterocycles. The number of hydrogen-bond acceptors (Lipinski definition) is 7. The predicted molar refractivity (Wildman–Crippen MR) is 92.5 cm³/mol. The smallest absolute Gasteiger partial charge is 0.229 e. The highest BCUT2D eigenvalue weighted by atomic mass is 32.2. The second-order valence-electron chi connectivity index (χ2n) is 5.92. The Hall–Kier alpha value is -2.74. The van der Waals surface area contributed by atoms with Crippen LogP contribution >= 0.6 is 11.8 Å². The number of aromatic nitrogens is 6. The molecule has 25 heavy (non-hydrogen) atoms. The Bertz CT molecular complexity index is 1020. The average Bonchev–Trinajstić information content (AvgIpc) is 3.24. The monoisotopic (exact) mass is 350 g/mol. The van der Waals surface area contributed by atoms with Crippen LogP contribution in [0.15, 0.2) is 52.4 Å². The Labute approximate surface area is 147 Å². The summed E-state index contributed by atoms with van der Waals surface area (Å²) in [5.41, 5.74) is 1.76. The first-order valence-corrected chi connectivity index (χ1v) is 9.06. The van der Waals surface area contributed by atoms with E-state index in [4.69, 9.17) is 4.52 Å². The van der Waals surface area contributed by atoms with Crippen LogP contribution in [-0.2, 0) is 5.75 Å². The van der Waals surface area contributed by atoms with E-state index >= 15 is 0 Å². The van der Waals surface area contributed by atoms with E-state index in [2.05, 4.69) is 25.2 Å². The third kappa shape index (κ3) is 2.78. The lowest BCUT2D eigenvalue weighted by molar-refractivity contribution is 0.375. The zero-order valence-electron chi connectivity index (χ0n) is 13.2. The summed E-state index contributed by atoms with van der Waals surface area (Å²) >= 11 is 1.57. The van der Waals surface area contributed by atoms with Gasteiger partial charge >= 0.3 is 0 Å². The van der Waals surface area contributed by atoms with Gasteiger partial charge < -0.3 is 4.52 Å². The van der Waals surface area contributed by atoms with E-state index in [0.29, 0.717) is 17.5 Å². The zero-order chi connectivity index (χ0) is 16.6. The summed E-state index contributed by atoms with van der Waals surface area (Å²) in [5.74, 6) is 2.55. The Kier molecular flexibility index (Phi) is 3.48. The molecule has 0 atom stereocenters. The van der Waals surface area contributed by atoms with Crippen molar-refractivity contribution < 1.29 is 4.52 Å². The van der Waals surface area contributed by atoms with E-state index < -0.39 is 0 Å². The molecule has 1 aliphatic rings. The van der Waals surface area contributed by atoms with Gasteiger partial charge in [0.05, 0.1) is 23.0 Å². The lowest BCUT2D eigenvalue weighted by Crippen LogP contribution is -1.97. The van der Waals surface area contributed by atoms with Crippen LogP contribution in [0.3, 0.4) is 0 Å². The van der Waals surface area contributed by atoms with Crippen molar-refractivity contribution in [2.45, 2.75) is 29.5 Å². The van der Waals surface area contributed by atoms with E-state index in [1.165, 1.54) is 0 Å². The van der Waals surface area contributed by atoms with Crippen LogP contribution in [0.5, 0.6) is 0 Å². The fourth-order valence-electron chi connectivity index (χ4n) is 2.65. The van der Waals surface area contributed by atoms with Gasteiger partial charge in [0.15, 0.2) is 11.5 Å². The number of benzene rings is 1. The lowest BCUT2D eigenvalue weighted by Gasteiger charge is -2.03. The highest BCUT2D eigenvalue weighted by Crippen LogP contribution is 2.39. The van der Waals surface area contributed by atoms with Gasteiger partial charge in [0.1, 0.15) is 11.4 Å². The second-order valence-corrected chi connectivity index (χ2v) is 6.88. The Morgan fingerprint density at radius 1 is 1.16 bits per heavy atom. The van der Waals surface area contributed by atoms with Gasteiger partial charge in [-0.2, -0.15) is 10.1 Å². The molecular formula is C17H14N6OS. The van der Waals surface area contributed by atoms with Crippen LogP contribution < -0.4 is 0 Å². The van der Waals surface area contributed by atoms with Crippen LogP contribution in [0.1, 0.15) is 30.5 Å². The molecule has 3 aromatic heterocycles. The normalized spacial score (nSPS) is 14.2. The van der Waals surface area contributed by atoms with Crippen molar-refractivity contribution in [1.82, 2.24) is 29.9 Å². The molecule has 0 N–H and O–H groups in total. The minimum Gasteiger partial charge on any atom is -0.339 e. The molecule has 0 unspecified atom stereocenters. The number of hydrogen-bond donors (Lipinski definition) is 0. The SMILES string of the molecule is c1ccc(-n2ncc3c(SCc4noc(C5CC5)n4)ncnc32)cc1. The zero-order valence-corrected chi connectivity index (χ0v) is 14.1. The minimum absolute atomic E-state index is 0.473. The summed E-state index contributed by atoms with van der Waals surface area (Å²) in [7, 11) is 0. The lowest BCUT2D eigenvalue weighted by atomic mass is 10.3. The van der Waals surface area contributed by atoms with Gasteiger partial charge in [0.2, 0.25) is 5.89 Å². The largest absolute Gasteiger partial charge is 0.339 e. The van der Waals surface area contributed by atoms with Gasteiger partial charge in [-0.3, -0.25) is 0 Å². The Morgan fingerprint density at radius 2 is 2.04 bits per heavy atom. The number of para-hydroxylation sites is 1. The van der Waals surface area contributed by atoms with Gasteiger partial charge in [0, 0.05) is 5.92 Å². The maximum absolute atomic E-state index is 5.30. The highest BCUT2D eigenvalue weighted by Gasteiger charge is 2.29. The molecule has 3 heterocycles. The van der Waals surface area contributed by atoms with E-state index in [9.17, 15) is 0 Å². The van der Waals surface area contributed by atoms with Crippen molar-refractivity contribution in [3.8, 4) is 5.69 Å². The topological polar surface area (TPSA) is 82.5 Å². The first-order chi connectivity index (χ1) is 12.4. The van der Waals surface area contributed by atoms with Crippen LogP contribution in [0.2, 0.25) is 0 Å². The molecule has 1 aromatic carbocycles. The molecule has 124 valence electrons. The summed E-state index contributed by atoms with van der Waals surface area (Å²) in [5, 5.41) is 10.3. The van der Waals surface area contributed by atoms with Gasteiger partial charge in [0.25, 0.3) is 0 Å². The standard InChI is InChI=1S/C17H14N6OS/c1-2-4-12(5-3-1)23-15-13(8-20-23)17(19-10-18-15)25-9-14-21-16(24-22-14)11-6-7-11/h1-5,8,10-11H,6-7,9H2. The van der Waals surface area contributed by atoms with Gasteiger partial charge in [-0.05, 0) is 25.0 Å². The molecule has 0 radical (unpaired) electrons. The number of thioether (sulfide) groups is 1. The molecule has 5 rings (SSSR count). The van der Waals surface area contributed by atoms with Crippen molar-refractivity contribution in [3.05, 3.63) is 54.6 Å². The summed E-state index contributed by atoms with van der Waals surface area (Å²) in [6, 6.07) is 9.94. The van der Waals surface area contributed by atoms with Gasteiger partial charge in [-0.1, -0.05) is 35.1 Å². The van der Waals surface area contributed by atoms with E-state index in [1.807, 2.05) is 35.0 Å². The van der Waals surface area contributed by atoms with Crippen LogP contribution in [0.4, 0.5) is 0 Å².